The third-order valence-electron chi connectivity index (χ3n) is 3.57. The number of para-hydroxylation sites is 1. The number of carbonyl (C=O) groups excluding carboxylic acids is 1. The Morgan fingerprint density at radius 1 is 1.21 bits per heavy atom. The van der Waals surface area contributed by atoms with Gasteiger partial charge in [0.15, 0.2) is 5.69 Å². The fraction of sp³-hybridized carbons (Fsp3) is 0.111. The topological polar surface area (TPSA) is 46.9 Å². The smallest absolute Gasteiger partial charge is 0.272 e. The van der Waals surface area contributed by atoms with Gasteiger partial charge in [0, 0.05) is 16.7 Å². The molecule has 0 aliphatic carbocycles. The molecular weight excluding hydrogens is 373 g/mol. The lowest BCUT2D eigenvalue weighted by molar-refractivity contribution is 0.0945. The summed E-state index contributed by atoms with van der Waals surface area (Å²) in [6, 6.07) is 15.7. The number of aryl methyl sites for hydroxylation is 1. The van der Waals surface area contributed by atoms with Crippen LogP contribution in [-0.4, -0.2) is 15.7 Å². The van der Waals surface area contributed by atoms with Crippen LogP contribution in [0.2, 0.25) is 0 Å². The molecule has 122 valence electrons. The van der Waals surface area contributed by atoms with Crippen LogP contribution in [0.1, 0.15) is 21.7 Å². The third-order valence-corrected chi connectivity index (χ3v) is 4.34. The molecule has 3 aromatic rings. The van der Waals surface area contributed by atoms with Crippen molar-refractivity contribution in [2.75, 3.05) is 0 Å². The molecule has 0 spiro atoms. The number of nitrogens with one attached hydrogen (secondary N) is 1. The Hall–Kier alpha value is -2.47. The summed E-state index contributed by atoms with van der Waals surface area (Å²) in [4.78, 5) is 12.3. The number of halogens is 2. The standard InChI is InChI=1S/C18H15BrFN3O/c1-12-9-17(22-23(12)15-5-3-2-4-6-15)18(24)21-11-13-10-14(20)7-8-16(13)19/h2-10H,11H2,1H3,(H,21,24). The molecule has 1 heterocycles. The molecule has 0 aliphatic heterocycles. The zero-order chi connectivity index (χ0) is 17.1. The second-order valence-electron chi connectivity index (χ2n) is 5.34. The van der Waals surface area contributed by atoms with Crippen LogP contribution >= 0.6 is 15.9 Å². The Balaban J connectivity index is 1.75. The van der Waals surface area contributed by atoms with Crippen molar-refractivity contribution in [2.24, 2.45) is 0 Å². The first-order chi connectivity index (χ1) is 11.5. The van der Waals surface area contributed by atoms with Gasteiger partial charge >= 0.3 is 0 Å². The lowest BCUT2D eigenvalue weighted by Gasteiger charge is -2.06. The van der Waals surface area contributed by atoms with E-state index in [1.807, 2.05) is 37.3 Å². The van der Waals surface area contributed by atoms with E-state index in [4.69, 9.17) is 0 Å². The molecule has 0 bridgehead atoms. The van der Waals surface area contributed by atoms with Gasteiger partial charge in [-0.25, -0.2) is 9.07 Å². The van der Waals surface area contributed by atoms with Gasteiger partial charge in [-0.2, -0.15) is 5.10 Å². The van der Waals surface area contributed by atoms with Gasteiger partial charge in [0.2, 0.25) is 0 Å². The summed E-state index contributed by atoms with van der Waals surface area (Å²) < 4.78 is 15.8. The van der Waals surface area contributed by atoms with E-state index in [2.05, 4.69) is 26.3 Å². The molecule has 0 radical (unpaired) electrons. The minimum absolute atomic E-state index is 0.217. The van der Waals surface area contributed by atoms with E-state index in [-0.39, 0.29) is 18.3 Å². The molecule has 0 unspecified atom stereocenters. The lowest BCUT2D eigenvalue weighted by Crippen LogP contribution is -2.23. The van der Waals surface area contributed by atoms with Gasteiger partial charge < -0.3 is 5.32 Å². The van der Waals surface area contributed by atoms with Gasteiger partial charge in [-0.15, -0.1) is 0 Å². The van der Waals surface area contributed by atoms with Crippen molar-refractivity contribution in [1.29, 1.82) is 0 Å². The number of aromatic nitrogens is 2. The second-order valence-corrected chi connectivity index (χ2v) is 6.19. The van der Waals surface area contributed by atoms with Gasteiger partial charge in [-0.1, -0.05) is 34.1 Å². The number of nitrogens with zero attached hydrogens (tertiary/aromatic N) is 2. The summed E-state index contributed by atoms with van der Waals surface area (Å²) >= 11 is 3.35. The molecule has 3 rings (SSSR count). The number of hydrogen-bond acceptors (Lipinski definition) is 2. The summed E-state index contributed by atoms with van der Waals surface area (Å²) in [5.41, 5.74) is 2.74. The van der Waals surface area contributed by atoms with E-state index in [0.717, 1.165) is 15.9 Å². The third kappa shape index (κ3) is 3.54. The highest BCUT2D eigenvalue weighted by molar-refractivity contribution is 9.10. The molecule has 0 atom stereocenters. The molecule has 0 aliphatic rings. The molecule has 0 saturated heterocycles. The highest BCUT2D eigenvalue weighted by Gasteiger charge is 2.13. The molecular formula is C18H15BrFN3O. The van der Waals surface area contributed by atoms with Crippen molar-refractivity contribution >= 4 is 21.8 Å². The van der Waals surface area contributed by atoms with Crippen LogP contribution in [0.25, 0.3) is 5.69 Å². The lowest BCUT2D eigenvalue weighted by atomic mass is 10.2. The largest absolute Gasteiger partial charge is 0.347 e. The Morgan fingerprint density at radius 3 is 2.71 bits per heavy atom. The molecule has 1 aromatic heterocycles. The highest BCUT2D eigenvalue weighted by atomic mass is 79.9. The Kier molecular flexibility index (Phi) is 4.76. The minimum atomic E-state index is -0.341. The quantitative estimate of drug-likeness (QED) is 0.734. The van der Waals surface area contributed by atoms with Gasteiger partial charge in [0.1, 0.15) is 5.82 Å². The van der Waals surface area contributed by atoms with Crippen LogP contribution in [-0.2, 0) is 6.54 Å². The van der Waals surface area contributed by atoms with E-state index in [1.165, 1.54) is 12.1 Å². The van der Waals surface area contributed by atoms with E-state index >= 15 is 0 Å². The first-order valence-electron chi connectivity index (χ1n) is 7.39. The van der Waals surface area contributed by atoms with Crippen LogP contribution in [0.4, 0.5) is 4.39 Å². The van der Waals surface area contributed by atoms with Crippen molar-refractivity contribution in [1.82, 2.24) is 15.1 Å². The van der Waals surface area contributed by atoms with Crippen LogP contribution in [0.5, 0.6) is 0 Å². The second kappa shape index (κ2) is 6.97. The predicted octanol–water partition coefficient (Wildman–Crippen LogP) is 4.01. The normalized spacial score (nSPS) is 10.6. The van der Waals surface area contributed by atoms with Crippen molar-refractivity contribution in [2.45, 2.75) is 13.5 Å². The molecule has 1 N–H and O–H groups in total. The summed E-state index contributed by atoms with van der Waals surface area (Å²) in [5, 5.41) is 7.11. The van der Waals surface area contributed by atoms with Crippen molar-refractivity contribution in [3.05, 3.63) is 81.8 Å². The van der Waals surface area contributed by atoms with Crippen LogP contribution < -0.4 is 5.32 Å². The van der Waals surface area contributed by atoms with Gasteiger partial charge in [-0.05, 0) is 48.9 Å². The van der Waals surface area contributed by atoms with Crippen LogP contribution in [0.3, 0.4) is 0 Å². The van der Waals surface area contributed by atoms with E-state index < -0.39 is 0 Å². The van der Waals surface area contributed by atoms with Gasteiger partial charge in [0.25, 0.3) is 5.91 Å². The summed E-state index contributed by atoms with van der Waals surface area (Å²) in [5.74, 6) is -0.643. The fourth-order valence-electron chi connectivity index (χ4n) is 2.36. The molecule has 4 nitrogen and oxygen atoms in total. The molecule has 24 heavy (non-hydrogen) atoms. The first-order valence-corrected chi connectivity index (χ1v) is 8.18. The first kappa shape index (κ1) is 16.4. The van der Waals surface area contributed by atoms with Gasteiger partial charge in [0.05, 0.1) is 5.69 Å². The van der Waals surface area contributed by atoms with Crippen molar-refractivity contribution < 1.29 is 9.18 Å². The molecule has 6 heteroatoms. The van der Waals surface area contributed by atoms with E-state index in [9.17, 15) is 9.18 Å². The number of amides is 1. The fourth-order valence-corrected chi connectivity index (χ4v) is 2.75. The number of rotatable bonds is 4. The average Bonchev–Trinajstić information content (AvgIpc) is 2.98. The minimum Gasteiger partial charge on any atom is -0.347 e. The van der Waals surface area contributed by atoms with E-state index in [1.54, 1.807) is 16.8 Å². The van der Waals surface area contributed by atoms with Crippen LogP contribution in [0.15, 0.2) is 59.1 Å². The SMILES string of the molecule is Cc1cc(C(=O)NCc2cc(F)ccc2Br)nn1-c1ccccc1. The Morgan fingerprint density at radius 2 is 1.96 bits per heavy atom. The van der Waals surface area contributed by atoms with Crippen molar-refractivity contribution in [3.8, 4) is 5.69 Å². The average molecular weight is 388 g/mol. The maximum atomic E-state index is 13.3. The molecule has 0 saturated carbocycles. The number of benzene rings is 2. The number of carbonyl (C=O) groups is 1. The zero-order valence-electron chi connectivity index (χ0n) is 13.0. The molecule has 0 fully saturated rings. The number of hydrogen-bond donors (Lipinski definition) is 1. The monoisotopic (exact) mass is 387 g/mol. The van der Waals surface area contributed by atoms with Crippen molar-refractivity contribution in [3.63, 3.8) is 0 Å². The highest BCUT2D eigenvalue weighted by Crippen LogP contribution is 2.18. The molecule has 1 amide bonds. The molecule has 2 aromatic carbocycles. The summed E-state index contributed by atoms with van der Waals surface area (Å²) in [6.07, 6.45) is 0. The summed E-state index contributed by atoms with van der Waals surface area (Å²) in [7, 11) is 0. The predicted molar refractivity (Wildman–Crippen MR) is 93.6 cm³/mol. The van der Waals surface area contributed by atoms with Gasteiger partial charge in [-0.3, -0.25) is 4.79 Å². The zero-order valence-corrected chi connectivity index (χ0v) is 14.5. The maximum absolute atomic E-state index is 13.3. The maximum Gasteiger partial charge on any atom is 0.272 e. The van der Waals surface area contributed by atoms with E-state index in [0.29, 0.717) is 11.3 Å². The summed E-state index contributed by atoms with van der Waals surface area (Å²) in [6.45, 7) is 2.11. The Labute approximate surface area is 147 Å². The van der Waals surface area contributed by atoms with Crippen LogP contribution in [0, 0.1) is 12.7 Å². The Bertz CT molecular complexity index is 877.